The highest BCUT2D eigenvalue weighted by Gasteiger charge is 2.29. The highest BCUT2D eigenvalue weighted by atomic mass is 32.2. The molecule has 2 aliphatic rings. The van der Waals surface area contributed by atoms with Crippen LogP contribution in [0.2, 0.25) is 0 Å². The summed E-state index contributed by atoms with van der Waals surface area (Å²) in [4.78, 5) is 16.1. The maximum atomic E-state index is 12.2. The van der Waals surface area contributed by atoms with Crippen molar-refractivity contribution in [2.24, 2.45) is 0 Å². The van der Waals surface area contributed by atoms with Gasteiger partial charge in [-0.25, -0.2) is 8.42 Å². The minimum absolute atomic E-state index is 0.105. The Morgan fingerprint density at radius 2 is 2.05 bits per heavy atom. The maximum Gasteiger partial charge on any atom is 0.261 e. The van der Waals surface area contributed by atoms with Crippen LogP contribution in [0.25, 0.3) is 0 Å². The molecule has 0 radical (unpaired) electrons. The van der Waals surface area contributed by atoms with E-state index in [0.717, 1.165) is 24.5 Å². The molecular formula is C14H21N3O3S2. The SMILES string of the molecule is CS(=O)(=O)N1CCc2sc(C(=O)NCCN3CCCC3)cc21. The van der Waals surface area contributed by atoms with Crippen molar-refractivity contribution in [1.82, 2.24) is 10.2 Å². The molecule has 6 nitrogen and oxygen atoms in total. The van der Waals surface area contributed by atoms with Crippen LogP contribution < -0.4 is 9.62 Å². The van der Waals surface area contributed by atoms with Crippen LogP contribution in [0.1, 0.15) is 27.4 Å². The van der Waals surface area contributed by atoms with Gasteiger partial charge >= 0.3 is 0 Å². The Morgan fingerprint density at radius 1 is 1.32 bits per heavy atom. The minimum atomic E-state index is -3.25. The van der Waals surface area contributed by atoms with E-state index in [1.165, 1.54) is 34.7 Å². The first-order chi connectivity index (χ1) is 10.4. The number of thiophene rings is 1. The molecule has 1 aromatic heterocycles. The summed E-state index contributed by atoms with van der Waals surface area (Å²) in [6.45, 7) is 4.24. The first-order valence-corrected chi connectivity index (χ1v) is 10.2. The normalized spacial score (nSPS) is 18.7. The fourth-order valence-corrected chi connectivity index (χ4v) is 5.08. The number of nitrogens with zero attached hydrogens (tertiary/aromatic N) is 2. The van der Waals surface area contributed by atoms with E-state index >= 15 is 0 Å². The number of carbonyl (C=O) groups excluding carboxylic acids is 1. The summed E-state index contributed by atoms with van der Waals surface area (Å²) >= 11 is 1.40. The molecule has 8 heteroatoms. The molecule has 1 saturated heterocycles. The predicted octanol–water partition coefficient (Wildman–Crippen LogP) is 0.896. The van der Waals surface area contributed by atoms with Crippen molar-refractivity contribution >= 4 is 33.0 Å². The zero-order valence-corrected chi connectivity index (χ0v) is 14.3. The molecule has 122 valence electrons. The first kappa shape index (κ1) is 15.8. The molecule has 0 bridgehead atoms. The number of carbonyl (C=O) groups is 1. The second-order valence-electron chi connectivity index (χ2n) is 5.81. The Morgan fingerprint density at radius 3 is 2.73 bits per heavy atom. The minimum Gasteiger partial charge on any atom is -0.350 e. The van der Waals surface area contributed by atoms with E-state index < -0.39 is 10.0 Å². The van der Waals surface area contributed by atoms with Gasteiger partial charge < -0.3 is 10.2 Å². The van der Waals surface area contributed by atoms with Crippen LogP contribution in [0.15, 0.2) is 6.07 Å². The van der Waals surface area contributed by atoms with Crippen molar-refractivity contribution in [2.45, 2.75) is 19.3 Å². The van der Waals surface area contributed by atoms with Crippen molar-refractivity contribution in [3.63, 3.8) is 0 Å². The van der Waals surface area contributed by atoms with Crippen LogP contribution in [-0.2, 0) is 16.4 Å². The molecule has 0 saturated carbocycles. The topological polar surface area (TPSA) is 69.7 Å². The van der Waals surface area contributed by atoms with E-state index in [2.05, 4.69) is 10.2 Å². The van der Waals surface area contributed by atoms with E-state index in [1.54, 1.807) is 6.07 Å². The molecule has 1 aromatic rings. The fourth-order valence-electron chi connectivity index (χ4n) is 3.01. The maximum absolute atomic E-state index is 12.2. The average Bonchev–Trinajstić information content (AvgIpc) is 3.12. The van der Waals surface area contributed by atoms with Gasteiger partial charge in [0.2, 0.25) is 10.0 Å². The lowest BCUT2D eigenvalue weighted by atomic mass is 10.3. The molecule has 0 aromatic carbocycles. The molecule has 1 N–H and O–H groups in total. The van der Waals surface area contributed by atoms with Crippen LogP contribution in [0.4, 0.5) is 5.69 Å². The number of fused-ring (bicyclic) bond motifs is 1. The van der Waals surface area contributed by atoms with E-state index in [1.807, 2.05) is 0 Å². The lowest BCUT2D eigenvalue weighted by Gasteiger charge is -2.15. The molecular weight excluding hydrogens is 322 g/mol. The van der Waals surface area contributed by atoms with Crippen LogP contribution in [0.3, 0.4) is 0 Å². The Kier molecular flexibility index (Phi) is 4.42. The smallest absolute Gasteiger partial charge is 0.261 e. The fraction of sp³-hybridized carbons (Fsp3) is 0.643. The number of sulfonamides is 1. The predicted molar refractivity (Wildman–Crippen MR) is 88.2 cm³/mol. The van der Waals surface area contributed by atoms with E-state index in [4.69, 9.17) is 0 Å². The lowest BCUT2D eigenvalue weighted by Crippen LogP contribution is -2.33. The van der Waals surface area contributed by atoms with Crippen molar-refractivity contribution < 1.29 is 13.2 Å². The number of rotatable bonds is 5. The quantitative estimate of drug-likeness (QED) is 0.862. The Bertz CT molecular complexity index is 663. The summed E-state index contributed by atoms with van der Waals surface area (Å²) < 4.78 is 24.8. The van der Waals surface area contributed by atoms with Crippen LogP contribution >= 0.6 is 11.3 Å². The molecule has 0 aliphatic carbocycles. The third-order valence-corrected chi connectivity index (χ3v) is 6.50. The van der Waals surface area contributed by atoms with E-state index in [-0.39, 0.29) is 5.91 Å². The number of hydrogen-bond donors (Lipinski definition) is 1. The van der Waals surface area contributed by atoms with Gasteiger partial charge in [-0.05, 0) is 32.0 Å². The average molecular weight is 343 g/mol. The molecule has 22 heavy (non-hydrogen) atoms. The highest BCUT2D eigenvalue weighted by Crippen LogP contribution is 2.37. The standard InChI is InChI=1S/C14H21N3O3S2/c1-22(19,20)17-8-4-12-11(17)10-13(21-12)14(18)15-5-9-16-6-2-3-7-16/h10H,2-9H2,1H3,(H,15,18). The molecule has 0 spiro atoms. The molecule has 0 unspecified atom stereocenters. The molecule has 0 atom stereocenters. The molecule has 3 rings (SSSR count). The van der Waals surface area contributed by atoms with Gasteiger partial charge in [-0.2, -0.15) is 0 Å². The third-order valence-electron chi connectivity index (χ3n) is 4.13. The summed E-state index contributed by atoms with van der Waals surface area (Å²) in [5.41, 5.74) is 0.678. The van der Waals surface area contributed by atoms with Gasteiger partial charge in [0.25, 0.3) is 5.91 Å². The van der Waals surface area contributed by atoms with E-state index in [9.17, 15) is 13.2 Å². The van der Waals surface area contributed by atoms with Gasteiger partial charge in [0.1, 0.15) is 0 Å². The number of amides is 1. The van der Waals surface area contributed by atoms with Gasteiger partial charge in [-0.1, -0.05) is 0 Å². The summed E-state index contributed by atoms with van der Waals surface area (Å²) in [5, 5.41) is 2.93. The Hall–Kier alpha value is -1.12. The van der Waals surface area contributed by atoms with Crippen molar-refractivity contribution in [3.8, 4) is 0 Å². The van der Waals surface area contributed by atoms with Crippen molar-refractivity contribution in [1.29, 1.82) is 0 Å². The van der Waals surface area contributed by atoms with Gasteiger partial charge in [0.05, 0.1) is 16.8 Å². The Balaban J connectivity index is 1.60. The van der Waals surface area contributed by atoms with E-state index in [0.29, 0.717) is 30.1 Å². The lowest BCUT2D eigenvalue weighted by molar-refractivity contribution is 0.0954. The number of anilines is 1. The number of nitrogens with one attached hydrogen (secondary N) is 1. The van der Waals surface area contributed by atoms with Gasteiger partial charge in [-0.15, -0.1) is 11.3 Å². The van der Waals surface area contributed by atoms with Crippen molar-refractivity contribution in [2.75, 3.05) is 43.3 Å². The largest absolute Gasteiger partial charge is 0.350 e. The summed E-state index contributed by atoms with van der Waals surface area (Å²) in [6, 6.07) is 1.71. The molecule has 1 amide bonds. The number of hydrogen-bond acceptors (Lipinski definition) is 5. The summed E-state index contributed by atoms with van der Waals surface area (Å²) in [6.07, 6.45) is 4.38. The van der Waals surface area contributed by atoms with Gasteiger partial charge in [0.15, 0.2) is 0 Å². The Labute approximate surface area is 135 Å². The number of likely N-dealkylation sites (tertiary alicyclic amines) is 1. The first-order valence-electron chi connectivity index (χ1n) is 7.56. The molecule has 1 fully saturated rings. The summed E-state index contributed by atoms with van der Waals surface area (Å²) in [5.74, 6) is -0.105. The van der Waals surface area contributed by atoms with Gasteiger partial charge in [0, 0.05) is 30.9 Å². The highest BCUT2D eigenvalue weighted by molar-refractivity contribution is 7.92. The molecule has 3 heterocycles. The van der Waals surface area contributed by atoms with Crippen LogP contribution in [-0.4, -0.2) is 58.2 Å². The third kappa shape index (κ3) is 3.28. The van der Waals surface area contributed by atoms with Crippen LogP contribution in [0.5, 0.6) is 0 Å². The summed E-state index contributed by atoms with van der Waals surface area (Å²) in [7, 11) is -3.25. The van der Waals surface area contributed by atoms with Crippen LogP contribution in [0, 0.1) is 0 Å². The van der Waals surface area contributed by atoms with Gasteiger partial charge in [-0.3, -0.25) is 9.10 Å². The zero-order chi connectivity index (χ0) is 15.7. The van der Waals surface area contributed by atoms with Crippen molar-refractivity contribution in [3.05, 3.63) is 15.8 Å². The second kappa shape index (κ2) is 6.17. The second-order valence-corrected chi connectivity index (χ2v) is 8.85. The monoisotopic (exact) mass is 343 g/mol. The zero-order valence-electron chi connectivity index (χ0n) is 12.7. The molecule has 2 aliphatic heterocycles.